The Morgan fingerprint density at radius 1 is 1.24 bits per heavy atom. The first kappa shape index (κ1) is 17.7. The Bertz CT molecular complexity index is 893. The van der Waals surface area contributed by atoms with Gasteiger partial charge in [0, 0.05) is 11.9 Å². The first-order valence-corrected chi connectivity index (χ1v) is 8.86. The number of thiocarbonyl (C=S) groups is 1. The number of amides is 1. The summed E-state index contributed by atoms with van der Waals surface area (Å²) >= 11 is 12.6. The maximum absolute atomic E-state index is 12.7. The van der Waals surface area contributed by atoms with E-state index in [-0.39, 0.29) is 11.9 Å². The van der Waals surface area contributed by atoms with Gasteiger partial charge in [0.05, 0.1) is 10.6 Å². The first-order chi connectivity index (χ1) is 11.9. The van der Waals surface area contributed by atoms with Crippen LogP contribution in [0.1, 0.15) is 12.5 Å². The number of nitrogens with zero attached hydrogens (tertiary/aromatic N) is 1. The average molecular weight is 390 g/mol. The number of esters is 1. The van der Waals surface area contributed by atoms with E-state index in [0.717, 1.165) is 5.56 Å². The molecule has 0 saturated carbocycles. The Balaban J connectivity index is 1.84. The van der Waals surface area contributed by atoms with Crippen molar-refractivity contribution in [1.29, 1.82) is 0 Å². The van der Waals surface area contributed by atoms with Crippen LogP contribution in [0.2, 0.25) is 5.02 Å². The van der Waals surface area contributed by atoms with Crippen LogP contribution >= 0.6 is 35.6 Å². The molecule has 3 rings (SSSR count). The highest BCUT2D eigenvalue weighted by molar-refractivity contribution is 8.27. The SMILES string of the molecule is CC(=O)Oc1ccc(/C=C2\SC(=S)N(c3cccc(Cl)c3)C2=O)cc1. The van der Waals surface area contributed by atoms with Gasteiger partial charge in [0.25, 0.3) is 5.91 Å². The summed E-state index contributed by atoms with van der Waals surface area (Å²) in [6, 6.07) is 13.9. The third kappa shape index (κ3) is 4.10. The fraction of sp³-hybridized carbons (Fsp3) is 0.0556. The summed E-state index contributed by atoms with van der Waals surface area (Å²) in [4.78, 5) is 25.6. The molecule has 1 aliphatic heterocycles. The highest BCUT2D eigenvalue weighted by atomic mass is 35.5. The molecule has 1 aliphatic rings. The van der Waals surface area contributed by atoms with E-state index in [2.05, 4.69) is 0 Å². The van der Waals surface area contributed by atoms with Crippen LogP contribution in [0.5, 0.6) is 5.75 Å². The third-order valence-corrected chi connectivity index (χ3v) is 4.84. The quantitative estimate of drug-likeness (QED) is 0.330. The Hall–Kier alpha value is -2.15. The summed E-state index contributed by atoms with van der Waals surface area (Å²) in [7, 11) is 0. The molecule has 25 heavy (non-hydrogen) atoms. The van der Waals surface area contributed by atoms with Crippen LogP contribution in [0, 0.1) is 0 Å². The van der Waals surface area contributed by atoms with Crippen LogP contribution in [0.15, 0.2) is 53.4 Å². The van der Waals surface area contributed by atoms with Crippen molar-refractivity contribution in [1.82, 2.24) is 0 Å². The van der Waals surface area contributed by atoms with Gasteiger partial charge in [-0.1, -0.05) is 53.8 Å². The van der Waals surface area contributed by atoms with Crippen LogP contribution < -0.4 is 9.64 Å². The van der Waals surface area contributed by atoms with Crippen LogP contribution in [-0.4, -0.2) is 16.2 Å². The number of thioether (sulfide) groups is 1. The summed E-state index contributed by atoms with van der Waals surface area (Å²) in [5.74, 6) is -0.118. The number of ether oxygens (including phenoxy) is 1. The van der Waals surface area contributed by atoms with Gasteiger partial charge in [-0.25, -0.2) is 0 Å². The van der Waals surface area contributed by atoms with Crippen molar-refractivity contribution in [2.45, 2.75) is 6.92 Å². The van der Waals surface area contributed by atoms with Crippen molar-refractivity contribution in [2.24, 2.45) is 0 Å². The number of halogens is 1. The molecule has 0 radical (unpaired) electrons. The molecule has 4 nitrogen and oxygen atoms in total. The zero-order valence-corrected chi connectivity index (χ0v) is 15.5. The molecule has 1 fully saturated rings. The molecule has 0 atom stereocenters. The van der Waals surface area contributed by atoms with Crippen LogP contribution in [0.25, 0.3) is 6.08 Å². The Kier molecular flexibility index (Phi) is 5.22. The maximum atomic E-state index is 12.7. The van der Waals surface area contributed by atoms with E-state index >= 15 is 0 Å². The van der Waals surface area contributed by atoms with Crippen LogP contribution in [0.4, 0.5) is 5.69 Å². The molecule has 0 spiro atoms. The van der Waals surface area contributed by atoms with E-state index in [9.17, 15) is 9.59 Å². The predicted octanol–water partition coefficient (Wildman–Crippen LogP) is 4.67. The van der Waals surface area contributed by atoms with Crippen LogP contribution in [0.3, 0.4) is 0 Å². The molecule has 7 heteroatoms. The van der Waals surface area contributed by atoms with E-state index in [4.69, 9.17) is 28.6 Å². The number of carbonyl (C=O) groups excluding carboxylic acids is 2. The maximum Gasteiger partial charge on any atom is 0.308 e. The first-order valence-electron chi connectivity index (χ1n) is 7.26. The monoisotopic (exact) mass is 389 g/mol. The minimum atomic E-state index is -0.379. The van der Waals surface area contributed by atoms with Crippen LogP contribution in [-0.2, 0) is 9.59 Å². The van der Waals surface area contributed by atoms with Gasteiger partial charge in [-0.05, 0) is 42.0 Å². The van der Waals surface area contributed by atoms with Gasteiger partial charge < -0.3 is 4.74 Å². The van der Waals surface area contributed by atoms with E-state index in [1.807, 2.05) is 0 Å². The number of carbonyl (C=O) groups is 2. The summed E-state index contributed by atoms with van der Waals surface area (Å²) in [6.07, 6.45) is 1.75. The van der Waals surface area contributed by atoms with Crippen molar-refractivity contribution < 1.29 is 14.3 Å². The largest absolute Gasteiger partial charge is 0.427 e. The standard InChI is InChI=1S/C18H12ClNO3S2/c1-11(21)23-15-7-5-12(6-8-15)9-16-17(22)20(18(24)25-16)14-4-2-3-13(19)10-14/h2-10H,1H3/b16-9-. The second-order valence-electron chi connectivity index (χ2n) is 5.16. The Labute approximate surface area is 159 Å². The minimum Gasteiger partial charge on any atom is -0.427 e. The van der Waals surface area contributed by atoms with Gasteiger partial charge in [-0.3, -0.25) is 14.5 Å². The predicted molar refractivity (Wildman–Crippen MR) is 105 cm³/mol. The fourth-order valence-corrected chi connectivity index (χ4v) is 3.74. The molecule has 1 heterocycles. The van der Waals surface area contributed by atoms with Crippen molar-refractivity contribution >= 4 is 63.5 Å². The lowest BCUT2D eigenvalue weighted by molar-refractivity contribution is -0.131. The number of benzene rings is 2. The van der Waals surface area contributed by atoms with Gasteiger partial charge in [-0.2, -0.15) is 0 Å². The van der Waals surface area contributed by atoms with Gasteiger partial charge >= 0.3 is 5.97 Å². The number of hydrogen-bond donors (Lipinski definition) is 0. The minimum absolute atomic E-state index is 0.193. The van der Waals surface area contributed by atoms with E-state index in [1.54, 1.807) is 54.6 Å². The van der Waals surface area contributed by atoms with Gasteiger partial charge in [0.1, 0.15) is 5.75 Å². The normalized spacial score (nSPS) is 15.8. The van der Waals surface area contributed by atoms with Crippen molar-refractivity contribution in [3.63, 3.8) is 0 Å². The topological polar surface area (TPSA) is 46.6 Å². The fourth-order valence-electron chi connectivity index (χ4n) is 2.25. The molecular weight excluding hydrogens is 378 g/mol. The highest BCUT2D eigenvalue weighted by Crippen LogP contribution is 2.36. The second kappa shape index (κ2) is 7.39. The van der Waals surface area contributed by atoms with E-state index in [0.29, 0.717) is 25.7 Å². The molecule has 1 amide bonds. The highest BCUT2D eigenvalue weighted by Gasteiger charge is 2.33. The van der Waals surface area contributed by atoms with Crippen molar-refractivity contribution in [2.75, 3.05) is 4.90 Å². The molecule has 2 aromatic carbocycles. The summed E-state index contributed by atoms with van der Waals surface area (Å²) < 4.78 is 5.44. The molecule has 0 aliphatic carbocycles. The molecule has 1 saturated heterocycles. The number of anilines is 1. The van der Waals surface area contributed by atoms with Gasteiger partial charge in [-0.15, -0.1) is 0 Å². The Morgan fingerprint density at radius 2 is 1.96 bits per heavy atom. The molecule has 0 N–H and O–H groups in total. The van der Waals surface area contributed by atoms with Gasteiger partial charge in [0.2, 0.25) is 0 Å². The third-order valence-electron chi connectivity index (χ3n) is 3.30. The molecular formula is C18H12ClNO3S2. The lowest BCUT2D eigenvalue weighted by Crippen LogP contribution is -2.27. The smallest absolute Gasteiger partial charge is 0.308 e. The lowest BCUT2D eigenvalue weighted by Gasteiger charge is -2.14. The molecule has 2 aromatic rings. The zero-order valence-electron chi connectivity index (χ0n) is 13.1. The summed E-state index contributed by atoms with van der Waals surface area (Å²) in [6.45, 7) is 1.34. The van der Waals surface area contributed by atoms with Crippen molar-refractivity contribution in [3.8, 4) is 5.75 Å². The Morgan fingerprint density at radius 3 is 2.60 bits per heavy atom. The molecule has 126 valence electrons. The van der Waals surface area contributed by atoms with Crippen molar-refractivity contribution in [3.05, 3.63) is 64.0 Å². The molecule has 0 bridgehead atoms. The van der Waals surface area contributed by atoms with E-state index < -0.39 is 0 Å². The molecule has 0 unspecified atom stereocenters. The van der Waals surface area contributed by atoms with Gasteiger partial charge in [0.15, 0.2) is 4.32 Å². The molecule has 0 aromatic heterocycles. The number of hydrogen-bond acceptors (Lipinski definition) is 5. The summed E-state index contributed by atoms with van der Waals surface area (Å²) in [5, 5.41) is 0.539. The average Bonchev–Trinajstić information content (AvgIpc) is 2.83. The summed E-state index contributed by atoms with van der Waals surface area (Å²) in [5.41, 5.74) is 1.45. The number of rotatable bonds is 3. The lowest BCUT2D eigenvalue weighted by atomic mass is 10.2. The van der Waals surface area contributed by atoms with E-state index in [1.165, 1.54) is 23.6 Å². The zero-order chi connectivity index (χ0) is 18.0. The second-order valence-corrected chi connectivity index (χ2v) is 7.27.